The topological polar surface area (TPSA) is 133 Å². The Morgan fingerprint density at radius 1 is 1.16 bits per heavy atom. The number of carbonyl (C=O) groups excluding carboxylic acids is 1. The van der Waals surface area contributed by atoms with Crippen molar-refractivity contribution in [3.05, 3.63) is 72.8 Å². The maximum Gasteiger partial charge on any atom is 0.299 e. The van der Waals surface area contributed by atoms with Crippen LogP contribution in [0.2, 0.25) is 0 Å². The molecule has 0 unspecified atom stereocenters. The van der Waals surface area contributed by atoms with E-state index in [-0.39, 0.29) is 40.9 Å². The van der Waals surface area contributed by atoms with Crippen molar-refractivity contribution in [3.63, 3.8) is 0 Å². The average Bonchev–Trinajstić information content (AvgIpc) is 3.65. The number of anilines is 5. The molecule has 5 rings (SSSR count). The van der Waals surface area contributed by atoms with E-state index in [1.807, 2.05) is 22.6 Å². The van der Waals surface area contributed by atoms with E-state index < -0.39 is 21.9 Å². The van der Waals surface area contributed by atoms with Crippen LogP contribution in [0.4, 0.5) is 33.0 Å². The SMILES string of the molecule is Cc1c(Nc2ccc3c(c2)CNS(=O)(=O)N3)c(C(=O)NC2CC2)c(Nc2ccc(I)cc2F)n(C)c1=O. The Morgan fingerprint density at radius 3 is 2.62 bits per heavy atom. The molecule has 0 saturated heterocycles. The van der Waals surface area contributed by atoms with Crippen molar-refractivity contribution in [2.24, 2.45) is 7.05 Å². The summed E-state index contributed by atoms with van der Waals surface area (Å²) in [6.07, 6.45) is 1.73. The highest BCUT2D eigenvalue weighted by Gasteiger charge is 2.30. The summed E-state index contributed by atoms with van der Waals surface area (Å²) >= 11 is 2.00. The Labute approximate surface area is 226 Å². The molecule has 1 amide bonds. The van der Waals surface area contributed by atoms with Crippen LogP contribution in [-0.2, 0) is 23.8 Å². The van der Waals surface area contributed by atoms with Crippen LogP contribution in [0.5, 0.6) is 0 Å². The number of hydrogen-bond donors (Lipinski definition) is 5. The van der Waals surface area contributed by atoms with Gasteiger partial charge >= 0.3 is 0 Å². The second-order valence-electron chi connectivity index (χ2n) is 9.01. The van der Waals surface area contributed by atoms with Crippen LogP contribution in [0.3, 0.4) is 0 Å². The zero-order valence-electron chi connectivity index (χ0n) is 19.9. The molecule has 2 heterocycles. The van der Waals surface area contributed by atoms with Crippen molar-refractivity contribution >= 4 is 67.3 Å². The van der Waals surface area contributed by atoms with E-state index in [4.69, 9.17) is 0 Å². The first-order chi connectivity index (χ1) is 17.5. The van der Waals surface area contributed by atoms with Crippen LogP contribution >= 0.6 is 22.6 Å². The quantitative estimate of drug-likeness (QED) is 0.263. The molecular formula is C24H24FIN6O4S. The van der Waals surface area contributed by atoms with Gasteiger partial charge in [-0.15, -0.1) is 0 Å². The number of rotatable bonds is 6. The number of benzene rings is 2. The maximum absolute atomic E-state index is 14.7. The molecule has 0 bridgehead atoms. The van der Waals surface area contributed by atoms with Gasteiger partial charge in [0.25, 0.3) is 21.7 Å². The molecule has 1 aliphatic heterocycles. The lowest BCUT2D eigenvalue weighted by atomic mass is 10.1. The van der Waals surface area contributed by atoms with Crippen LogP contribution in [-0.4, -0.2) is 24.9 Å². The fourth-order valence-corrected chi connectivity index (χ4v) is 5.44. The average molecular weight is 638 g/mol. The molecule has 3 aromatic rings. The van der Waals surface area contributed by atoms with Gasteiger partial charge < -0.3 is 16.0 Å². The van der Waals surface area contributed by atoms with Crippen LogP contribution in [0.1, 0.15) is 34.3 Å². The highest BCUT2D eigenvalue weighted by Crippen LogP contribution is 2.34. The molecule has 1 saturated carbocycles. The summed E-state index contributed by atoms with van der Waals surface area (Å²) in [5.41, 5.74) is 2.17. The van der Waals surface area contributed by atoms with Gasteiger partial charge in [-0.3, -0.25) is 18.9 Å². The van der Waals surface area contributed by atoms with E-state index in [1.54, 1.807) is 37.3 Å². The Morgan fingerprint density at radius 2 is 1.92 bits per heavy atom. The van der Waals surface area contributed by atoms with Crippen molar-refractivity contribution in [1.29, 1.82) is 0 Å². The summed E-state index contributed by atoms with van der Waals surface area (Å²) in [4.78, 5) is 26.7. The number of nitrogens with one attached hydrogen (secondary N) is 5. The van der Waals surface area contributed by atoms with Gasteiger partial charge in [-0.1, -0.05) is 0 Å². The van der Waals surface area contributed by atoms with Gasteiger partial charge in [-0.25, -0.2) is 4.39 Å². The Kier molecular flexibility index (Phi) is 6.62. The molecule has 5 N–H and O–H groups in total. The first kappa shape index (κ1) is 25.5. The van der Waals surface area contributed by atoms with Gasteiger partial charge in [0, 0.05) is 34.5 Å². The predicted octanol–water partition coefficient (Wildman–Crippen LogP) is 3.58. The predicted molar refractivity (Wildman–Crippen MR) is 148 cm³/mol. The largest absolute Gasteiger partial charge is 0.354 e. The molecule has 10 nitrogen and oxygen atoms in total. The zero-order valence-corrected chi connectivity index (χ0v) is 22.9. The summed E-state index contributed by atoms with van der Waals surface area (Å²) in [5.74, 6) is -0.777. The number of fused-ring (bicyclic) bond motifs is 1. The molecule has 37 heavy (non-hydrogen) atoms. The Bertz CT molecular complexity index is 1600. The number of nitrogens with zero attached hydrogens (tertiary/aromatic N) is 1. The molecule has 1 aromatic heterocycles. The summed E-state index contributed by atoms with van der Waals surface area (Å²) in [7, 11) is -2.08. The highest BCUT2D eigenvalue weighted by molar-refractivity contribution is 14.1. The minimum Gasteiger partial charge on any atom is -0.354 e. The highest BCUT2D eigenvalue weighted by atomic mass is 127. The lowest BCUT2D eigenvalue weighted by molar-refractivity contribution is 0.0952. The number of hydrogen-bond acceptors (Lipinski definition) is 6. The van der Waals surface area contributed by atoms with Crippen molar-refractivity contribution in [2.45, 2.75) is 32.4 Å². The molecular weight excluding hydrogens is 614 g/mol. The van der Waals surface area contributed by atoms with E-state index in [9.17, 15) is 22.4 Å². The summed E-state index contributed by atoms with van der Waals surface area (Å²) in [5, 5.41) is 9.11. The number of halogens is 2. The molecule has 1 fully saturated rings. The number of amides is 1. The van der Waals surface area contributed by atoms with Gasteiger partial charge in [-0.2, -0.15) is 13.1 Å². The molecule has 2 aromatic carbocycles. The van der Waals surface area contributed by atoms with E-state index >= 15 is 0 Å². The minimum atomic E-state index is -3.61. The van der Waals surface area contributed by atoms with E-state index in [1.165, 1.54) is 17.7 Å². The van der Waals surface area contributed by atoms with Gasteiger partial charge in [0.2, 0.25) is 0 Å². The zero-order chi connectivity index (χ0) is 26.5. The van der Waals surface area contributed by atoms with Gasteiger partial charge in [0.05, 0.1) is 17.1 Å². The Hall–Kier alpha value is -3.17. The number of aromatic nitrogens is 1. The first-order valence-electron chi connectivity index (χ1n) is 11.5. The Balaban J connectivity index is 1.62. The van der Waals surface area contributed by atoms with E-state index in [0.29, 0.717) is 26.1 Å². The van der Waals surface area contributed by atoms with E-state index in [0.717, 1.165) is 12.8 Å². The monoisotopic (exact) mass is 638 g/mol. The third kappa shape index (κ3) is 5.29. The molecule has 0 spiro atoms. The molecule has 13 heteroatoms. The van der Waals surface area contributed by atoms with Crippen LogP contribution in [0.25, 0.3) is 0 Å². The van der Waals surface area contributed by atoms with Crippen LogP contribution in [0.15, 0.2) is 41.2 Å². The van der Waals surface area contributed by atoms with Crippen LogP contribution < -0.4 is 31.0 Å². The molecule has 0 atom stereocenters. The van der Waals surface area contributed by atoms with E-state index in [2.05, 4.69) is 25.4 Å². The van der Waals surface area contributed by atoms with Crippen molar-refractivity contribution < 1.29 is 17.6 Å². The van der Waals surface area contributed by atoms with Crippen LogP contribution in [0, 0.1) is 16.3 Å². The van der Waals surface area contributed by atoms with Gasteiger partial charge in [-0.05, 0) is 84.3 Å². The maximum atomic E-state index is 14.7. The summed E-state index contributed by atoms with van der Waals surface area (Å²) in [6, 6.07) is 9.66. The second kappa shape index (κ2) is 9.61. The fourth-order valence-electron chi connectivity index (χ4n) is 4.08. The fraction of sp³-hybridized carbons (Fsp3) is 0.250. The normalized spacial score (nSPS) is 15.9. The number of carbonyl (C=O) groups is 1. The van der Waals surface area contributed by atoms with Gasteiger partial charge in [0.1, 0.15) is 17.2 Å². The summed E-state index contributed by atoms with van der Waals surface area (Å²) < 4.78 is 45.2. The first-order valence-corrected chi connectivity index (χ1v) is 14.0. The van der Waals surface area contributed by atoms with Crippen molar-refractivity contribution in [3.8, 4) is 0 Å². The number of pyridine rings is 1. The lowest BCUT2D eigenvalue weighted by Crippen LogP contribution is -2.34. The standard InChI is InChI=1S/C24H24FIN6O4S/c1-12-21(28-16-6-8-18-13(9-16)11-27-37(35,36)31-18)20(23(33)29-15-4-5-15)22(32(2)24(12)34)30-19-7-3-14(26)10-17(19)25/h3,6-10,15,27-28,30-31H,4-5,11H2,1-2H3,(H,29,33). The van der Waals surface area contributed by atoms with Crippen molar-refractivity contribution in [1.82, 2.24) is 14.6 Å². The van der Waals surface area contributed by atoms with Gasteiger partial charge in [0.15, 0.2) is 0 Å². The molecule has 1 aliphatic carbocycles. The third-order valence-electron chi connectivity index (χ3n) is 6.22. The van der Waals surface area contributed by atoms with Crippen molar-refractivity contribution in [2.75, 3.05) is 15.4 Å². The third-order valence-corrected chi connectivity index (χ3v) is 7.90. The second-order valence-corrected chi connectivity index (χ2v) is 11.8. The summed E-state index contributed by atoms with van der Waals surface area (Å²) in [6.45, 7) is 1.70. The lowest BCUT2D eigenvalue weighted by Gasteiger charge is -2.23. The minimum absolute atomic E-state index is 0.0450. The molecule has 2 aliphatic rings. The smallest absolute Gasteiger partial charge is 0.299 e. The molecule has 0 radical (unpaired) electrons. The molecule has 194 valence electrons.